The molecule has 5 nitrogen and oxygen atoms in total. The molecular formula is C10H7ClFN3O2. The Morgan fingerprint density at radius 2 is 2.24 bits per heavy atom. The fourth-order valence-corrected chi connectivity index (χ4v) is 1.62. The number of carboxylic acid groups (broad SMARTS) is 1. The van der Waals surface area contributed by atoms with Crippen molar-refractivity contribution in [1.29, 1.82) is 0 Å². The van der Waals surface area contributed by atoms with Gasteiger partial charge in [0.2, 0.25) is 0 Å². The van der Waals surface area contributed by atoms with E-state index in [1.807, 2.05) is 0 Å². The number of aromatic amines is 1. The summed E-state index contributed by atoms with van der Waals surface area (Å²) in [5.41, 5.74) is 0.586. The van der Waals surface area contributed by atoms with Crippen molar-refractivity contribution in [2.24, 2.45) is 0 Å². The minimum absolute atomic E-state index is 0.234. The van der Waals surface area contributed by atoms with Crippen LogP contribution in [0.15, 0.2) is 18.2 Å². The summed E-state index contributed by atoms with van der Waals surface area (Å²) in [6, 6.07) is 4.07. The fourth-order valence-electron chi connectivity index (χ4n) is 1.38. The van der Waals surface area contributed by atoms with E-state index in [0.717, 1.165) is 0 Å². The van der Waals surface area contributed by atoms with Crippen LogP contribution in [0.4, 0.5) is 4.39 Å². The normalized spacial score (nSPS) is 10.5. The molecule has 0 aliphatic heterocycles. The topological polar surface area (TPSA) is 78.9 Å². The van der Waals surface area contributed by atoms with E-state index < -0.39 is 11.8 Å². The number of carboxylic acids is 1. The molecule has 2 N–H and O–H groups in total. The van der Waals surface area contributed by atoms with Crippen LogP contribution in [0.2, 0.25) is 5.02 Å². The number of rotatable bonds is 3. The molecule has 0 atom stereocenters. The van der Waals surface area contributed by atoms with Gasteiger partial charge in [-0.1, -0.05) is 11.6 Å². The molecule has 0 fully saturated rings. The number of hydrogen-bond donors (Lipinski definition) is 2. The number of nitrogens with one attached hydrogen (secondary N) is 1. The fraction of sp³-hybridized carbons (Fsp3) is 0.100. The van der Waals surface area contributed by atoms with Crippen molar-refractivity contribution < 1.29 is 14.3 Å². The SMILES string of the molecule is O=C(O)c1n[nH]c(Cc2cc(F)cc(Cl)c2)n1. The maximum atomic E-state index is 13.0. The number of H-pyrrole nitrogens is 1. The summed E-state index contributed by atoms with van der Waals surface area (Å²) in [6.45, 7) is 0. The molecule has 0 radical (unpaired) electrons. The van der Waals surface area contributed by atoms with Gasteiger partial charge >= 0.3 is 5.97 Å². The second kappa shape index (κ2) is 4.50. The average molecular weight is 256 g/mol. The Bertz CT molecular complexity index is 550. The van der Waals surface area contributed by atoms with Crippen LogP contribution >= 0.6 is 11.6 Å². The van der Waals surface area contributed by atoms with Gasteiger partial charge in [0, 0.05) is 11.4 Å². The Labute approximate surface area is 100 Å². The zero-order chi connectivity index (χ0) is 12.4. The predicted molar refractivity (Wildman–Crippen MR) is 57.6 cm³/mol. The van der Waals surface area contributed by atoms with Crippen molar-refractivity contribution >= 4 is 17.6 Å². The van der Waals surface area contributed by atoms with Crippen molar-refractivity contribution in [2.75, 3.05) is 0 Å². The molecule has 0 aliphatic rings. The van der Waals surface area contributed by atoms with Gasteiger partial charge in [-0.15, -0.1) is 5.10 Å². The molecule has 1 aromatic carbocycles. The van der Waals surface area contributed by atoms with Gasteiger partial charge in [-0.05, 0) is 23.8 Å². The van der Waals surface area contributed by atoms with Gasteiger partial charge in [-0.2, -0.15) is 0 Å². The van der Waals surface area contributed by atoms with E-state index in [4.69, 9.17) is 16.7 Å². The Hall–Kier alpha value is -1.95. The van der Waals surface area contributed by atoms with Gasteiger partial charge in [0.15, 0.2) is 0 Å². The highest BCUT2D eigenvalue weighted by atomic mass is 35.5. The quantitative estimate of drug-likeness (QED) is 0.878. The number of hydrogen-bond acceptors (Lipinski definition) is 3. The van der Waals surface area contributed by atoms with Crippen LogP contribution in [0.5, 0.6) is 0 Å². The van der Waals surface area contributed by atoms with Crippen LogP contribution in [0.3, 0.4) is 0 Å². The Balaban J connectivity index is 2.22. The van der Waals surface area contributed by atoms with Crippen LogP contribution in [0.1, 0.15) is 22.0 Å². The first-order chi connectivity index (χ1) is 8.04. The minimum atomic E-state index is -1.22. The summed E-state index contributed by atoms with van der Waals surface area (Å²) < 4.78 is 13.0. The summed E-state index contributed by atoms with van der Waals surface area (Å²) in [5, 5.41) is 14.9. The lowest BCUT2D eigenvalue weighted by atomic mass is 10.1. The summed E-state index contributed by atoms with van der Waals surface area (Å²) in [4.78, 5) is 14.3. The van der Waals surface area contributed by atoms with E-state index in [-0.39, 0.29) is 17.3 Å². The number of aromatic carboxylic acids is 1. The molecule has 0 spiro atoms. The number of nitrogens with zero attached hydrogens (tertiary/aromatic N) is 2. The molecule has 88 valence electrons. The van der Waals surface area contributed by atoms with Gasteiger partial charge in [-0.25, -0.2) is 14.2 Å². The number of carbonyl (C=O) groups is 1. The standard InChI is InChI=1S/C10H7ClFN3O2/c11-6-1-5(2-7(12)4-6)3-8-13-9(10(16)17)15-14-8/h1-2,4H,3H2,(H,16,17)(H,13,14,15). The Morgan fingerprint density at radius 3 is 2.82 bits per heavy atom. The second-order valence-electron chi connectivity index (χ2n) is 3.37. The van der Waals surface area contributed by atoms with Crippen molar-refractivity contribution in [3.05, 3.63) is 46.3 Å². The van der Waals surface area contributed by atoms with Gasteiger partial charge in [0.05, 0.1) is 0 Å². The molecule has 1 aromatic heterocycles. The first-order valence-electron chi connectivity index (χ1n) is 4.64. The zero-order valence-corrected chi connectivity index (χ0v) is 9.20. The molecule has 2 rings (SSSR count). The van der Waals surface area contributed by atoms with Gasteiger partial charge in [0.25, 0.3) is 5.82 Å². The van der Waals surface area contributed by atoms with Crippen LogP contribution in [0, 0.1) is 5.82 Å². The molecule has 2 aromatic rings. The lowest BCUT2D eigenvalue weighted by Crippen LogP contribution is -1.99. The third-order valence-corrected chi connectivity index (χ3v) is 2.24. The third kappa shape index (κ3) is 2.79. The maximum Gasteiger partial charge on any atom is 0.375 e. The molecule has 0 bridgehead atoms. The monoisotopic (exact) mass is 255 g/mol. The third-order valence-electron chi connectivity index (χ3n) is 2.02. The lowest BCUT2D eigenvalue weighted by molar-refractivity contribution is 0.0684. The number of benzene rings is 1. The van der Waals surface area contributed by atoms with Crippen molar-refractivity contribution in [3.63, 3.8) is 0 Å². The molecule has 0 amide bonds. The number of halogens is 2. The van der Waals surface area contributed by atoms with E-state index in [1.165, 1.54) is 12.1 Å². The lowest BCUT2D eigenvalue weighted by Gasteiger charge is -1.99. The smallest absolute Gasteiger partial charge is 0.375 e. The minimum Gasteiger partial charge on any atom is -0.475 e. The molecular weight excluding hydrogens is 249 g/mol. The van der Waals surface area contributed by atoms with Crippen LogP contribution in [-0.4, -0.2) is 26.3 Å². The Kier molecular flexibility index (Phi) is 3.06. The molecule has 7 heteroatoms. The van der Waals surface area contributed by atoms with Crippen LogP contribution in [0.25, 0.3) is 0 Å². The van der Waals surface area contributed by atoms with E-state index >= 15 is 0 Å². The highest BCUT2D eigenvalue weighted by Gasteiger charge is 2.11. The van der Waals surface area contributed by atoms with E-state index in [9.17, 15) is 9.18 Å². The van der Waals surface area contributed by atoms with Crippen molar-refractivity contribution in [3.8, 4) is 0 Å². The first-order valence-corrected chi connectivity index (χ1v) is 5.02. The molecule has 1 heterocycles. The average Bonchev–Trinajstić information content (AvgIpc) is 2.64. The van der Waals surface area contributed by atoms with Crippen molar-refractivity contribution in [2.45, 2.75) is 6.42 Å². The van der Waals surface area contributed by atoms with Gasteiger partial charge in [0.1, 0.15) is 11.6 Å². The van der Waals surface area contributed by atoms with Gasteiger partial charge in [-0.3, -0.25) is 5.10 Å². The molecule has 0 unspecified atom stereocenters. The van der Waals surface area contributed by atoms with E-state index in [1.54, 1.807) is 6.07 Å². The summed E-state index contributed by atoms with van der Waals surface area (Å²) in [5.74, 6) is -1.65. The molecule has 0 saturated carbocycles. The predicted octanol–water partition coefficient (Wildman–Crippen LogP) is 1.89. The Morgan fingerprint density at radius 1 is 1.47 bits per heavy atom. The highest BCUT2D eigenvalue weighted by molar-refractivity contribution is 6.30. The second-order valence-corrected chi connectivity index (χ2v) is 3.80. The summed E-state index contributed by atoms with van der Waals surface area (Å²) >= 11 is 5.69. The first kappa shape index (κ1) is 11.5. The zero-order valence-electron chi connectivity index (χ0n) is 8.44. The maximum absolute atomic E-state index is 13.0. The van der Waals surface area contributed by atoms with E-state index in [0.29, 0.717) is 11.4 Å². The van der Waals surface area contributed by atoms with Crippen LogP contribution < -0.4 is 0 Å². The number of aromatic nitrogens is 3. The largest absolute Gasteiger partial charge is 0.475 e. The summed E-state index contributed by atoms with van der Waals surface area (Å²) in [6.07, 6.45) is 0.234. The summed E-state index contributed by atoms with van der Waals surface area (Å²) in [7, 11) is 0. The van der Waals surface area contributed by atoms with Crippen LogP contribution in [-0.2, 0) is 6.42 Å². The van der Waals surface area contributed by atoms with Gasteiger partial charge < -0.3 is 5.11 Å². The van der Waals surface area contributed by atoms with Crippen molar-refractivity contribution in [1.82, 2.24) is 15.2 Å². The molecule has 0 aliphatic carbocycles. The molecule has 0 saturated heterocycles. The highest BCUT2D eigenvalue weighted by Crippen LogP contribution is 2.15. The van der Waals surface area contributed by atoms with E-state index in [2.05, 4.69) is 15.2 Å². The molecule has 17 heavy (non-hydrogen) atoms.